The van der Waals surface area contributed by atoms with Gasteiger partial charge in [-0.15, -0.1) is 0 Å². The Morgan fingerprint density at radius 1 is 1.32 bits per heavy atom. The van der Waals surface area contributed by atoms with Gasteiger partial charge in [-0.05, 0) is 0 Å². The zero-order valence-corrected chi connectivity index (χ0v) is 10.4. The van der Waals surface area contributed by atoms with Crippen LogP contribution < -0.4 is 15.0 Å². The Morgan fingerprint density at radius 2 is 2.00 bits per heavy atom. The van der Waals surface area contributed by atoms with E-state index in [1.54, 1.807) is 0 Å². The van der Waals surface area contributed by atoms with E-state index in [1.165, 1.54) is 14.2 Å². The maximum absolute atomic E-state index is 12.4. The fourth-order valence-electron chi connectivity index (χ4n) is 1.28. The Kier molecular flexibility index (Phi) is 5.10. The average molecular weight is 281 g/mol. The van der Waals surface area contributed by atoms with Gasteiger partial charge in [0.05, 0.1) is 13.7 Å². The van der Waals surface area contributed by atoms with Crippen molar-refractivity contribution < 1.29 is 23.0 Å². The van der Waals surface area contributed by atoms with Crippen LogP contribution >= 0.6 is 0 Å². The van der Waals surface area contributed by atoms with Gasteiger partial charge in [0.2, 0.25) is 11.9 Å². The van der Waals surface area contributed by atoms with Crippen molar-refractivity contribution in [1.82, 2.24) is 15.0 Å². The van der Waals surface area contributed by atoms with E-state index in [9.17, 15) is 13.2 Å². The molecule has 0 aromatic carbocycles. The van der Waals surface area contributed by atoms with E-state index in [0.29, 0.717) is 0 Å². The molecule has 0 unspecified atom stereocenters. The lowest BCUT2D eigenvalue weighted by Gasteiger charge is -2.23. The lowest BCUT2D eigenvalue weighted by Crippen LogP contribution is -2.37. The van der Waals surface area contributed by atoms with Gasteiger partial charge in [0.25, 0.3) is 0 Å². The van der Waals surface area contributed by atoms with Crippen LogP contribution in [0.4, 0.5) is 25.1 Å². The summed E-state index contributed by atoms with van der Waals surface area (Å²) >= 11 is 0. The number of aliphatic hydroxyl groups is 1. The Bertz CT molecular complexity index is 393. The SMILES string of the molecule is CNc1nc(OC)nc(N(CCO)CC(F)(F)F)n1. The second-order valence-electron chi connectivity index (χ2n) is 3.46. The van der Waals surface area contributed by atoms with Crippen LogP contribution in [-0.4, -0.2) is 60.1 Å². The number of nitrogens with one attached hydrogen (secondary N) is 1. The van der Waals surface area contributed by atoms with Crippen LogP contribution in [0.25, 0.3) is 0 Å². The smallest absolute Gasteiger partial charge is 0.406 e. The minimum atomic E-state index is -4.44. The van der Waals surface area contributed by atoms with Gasteiger partial charge in [-0.25, -0.2) is 0 Å². The quantitative estimate of drug-likeness (QED) is 0.775. The number of halogens is 3. The Labute approximate surface area is 107 Å². The Morgan fingerprint density at radius 3 is 2.47 bits per heavy atom. The predicted molar refractivity (Wildman–Crippen MR) is 61.3 cm³/mol. The first kappa shape index (κ1) is 15.2. The van der Waals surface area contributed by atoms with Crippen molar-refractivity contribution >= 4 is 11.9 Å². The van der Waals surface area contributed by atoms with Crippen LogP contribution in [0.2, 0.25) is 0 Å². The molecule has 108 valence electrons. The van der Waals surface area contributed by atoms with E-state index in [4.69, 9.17) is 9.84 Å². The lowest BCUT2D eigenvalue weighted by molar-refractivity contribution is -0.120. The molecule has 10 heteroatoms. The van der Waals surface area contributed by atoms with Crippen molar-refractivity contribution in [1.29, 1.82) is 0 Å². The summed E-state index contributed by atoms with van der Waals surface area (Å²) in [5, 5.41) is 11.4. The van der Waals surface area contributed by atoms with Gasteiger partial charge in [0.1, 0.15) is 6.54 Å². The summed E-state index contributed by atoms with van der Waals surface area (Å²) in [4.78, 5) is 12.1. The van der Waals surface area contributed by atoms with Crippen LogP contribution in [-0.2, 0) is 0 Å². The molecule has 0 aliphatic rings. The van der Waals surface area contributed by atoms with Crippen LogP contribution in [0.5, 0.6) is 6.01 Å². The number of ether oxygens (including phenoxy) is 1. The van der Waals surface area contributed by atoms with Gasteiger partial charge < -0.3 is 20.1 Å². The van der Waals surface area contributed by atoms with Gasteiger partial charge in [-0.1, -0.05) is 0 Å². The molecule has 0 aliphatic carbocycles. The largest absolute Gasteiger partial charge is 0.467 e. The molecule has 1 heterocycles. The highest BCUT2D eigenvalue weighted by Crippen LogP contribution is 2.21. The fourth-order valence-corrected chi connectivity index (χ4v) is 1.28. The first-order valence-corrected chi connectivity index (χ1v) is 5.30. The molecule has 0 aliphatic heterocycles. The number of rotatable bonds is 6. The van der Waals surface area contributed by atoms with Crippen molar-refractivity contribution in [2.75, 3.05) is 44.1 Å². The summed E-state index contributed by atoms with van der Waals surface area (Å²) in [6.45, 7) is -1.99. The molecule has 19 heavy (non-hydrogen) atoms. The van der Waals surface area contributed by atoms with Crippen molar-refractivity contribution in [3.8, 4) is 6.01 Å². The highest BCUT2D eigenvalue weighted by Gasteiger charge is 2.32. The van der Waals surface area contributed by atoms with Crippen LogP contribution in [0.1, 0.15) is 0 Å². The third-order valence-corrected chi connectivity index (χ3v) is 2.03. The molecule has 1 rings (SSSR count). The average Bonchev–Trinajstić information content (AvgIpc) is 2.36. The molecule has 0 atom stereocenters. The molecule has 1 aromatic rings. The van der Waals surface area contributed by atoms with Gasteiger partial charge in [-0.2, -0.15) is 28.1 Å². The van der Waals surface area contributed by atoms with Gasteiger partial charge in [0, 0.05) is 13.6 Å². The summed E-state index contributed by atoms with van der Waals surface area (Å²) < 4.78 is 42.1. The molecular weight excluding hydrogens is 267 g/mol. The highest BCUT2D eigenvalue weighted by molar-refractivity contribution is 5.38. The van der Waals surface area contributed by atoms with Crippen LogP contribution in [0, 0.1) is 0 Å². The number of hydrogen-bond acceptors (Lipinski definition) is 7. The molecule has 7 nitrogen and oxygen atoms in total. The van der Waals surface area contributed by atoms with E-state index in [0.717, 1.165) is 4.90 Å². The van der Waals surface area contributed by atoms with Crippen LogP contribution in [0.15, 0.2) is 0 Å². The topological polar surface area (TPSA) is 83.4 Å². The number of alkyl halides is 3. The third kappa shape index (κ3) is 4.73. The summed E-state index contributed by atoms with van der Waals surface area (Å²) in [5.41, 5.74) is 0. The predicted octanol–water partition coefficient (Wildman–Crippen LogP) is 0.283. The molecule has 0 saturated carbocycles. The minimum Gasteiger partial charge on any atom is -0.467 e. The first-order chi connectivity index (χ1) is 8.89. The maximum Gasteiger partial charge on any atom is 0.406 e. The number of nitrogens with zero attached hydrogens (tertiary/aromatic N) is 4. The van der Waals surface area contributed by atoms with Crippen LogP contribution in [0.3, 0.4) is 0 Å². The van der Waals surface area contributed by atoms with E-state index in [-0.39, 0.29) is 24.5 Å². The number of aromatic nitrogens is 3. The number of hydrogen-bond donors (Lipinski definition) is 2. The lowest BCUT2D eigenvalue weighted by atomic mass is 10.5. The monoisotopic (exact) mass is 281 g/mol. The zero-order valence-electron chi connectivity index (χ0n) is 10.4. The van der Waals surface area contributed by atoms with Gasteiger partial charge >= 0.3 is 12.2 Å². The molecule has 0 amide bonds. The molecule has 0 bridgehead atoms. The Hall–Kier alpha value is -1.84. The maximum atomic E-state index is 12.4. The highest BCUT2D eigenvalue weighted by atomic mass is 19.4. The molecule has 1 aromatic heterocycles. The van der Waals surface area contributed by atoms with Gasteiger partial charge in [-0.3, -0.25) is 0 Å². The number of aliphatic hydroxyl groups excluding tert-OH is 1. The Balaban J connectivity index is 3.06. The normalized spacial score (nSPS) is 11.3. The fraction of sp³-hybridized carbons (Fsp3) is 0.667. The molecule has 0 saturated heterocycles. The minimum absolute atomic E-state index is 0.0759. The zero-order chi connectivity index (χ0) is 14.5. The summed E-state index contributed by atoms with van der Waals surface area (Å²) in [7, 11) is 2.80. The standard InChI is InChI=1S/C9H14F3N5O2/c1-13-6-14-7(16-8(15-6)19-2)17(3-4-18)5-9(10,11)12/h18H,3-5H2,1-2H3,(H,13,14,15,16). The summed E-state index contributed by atoms with van der Waals surface area (Å²) in [6, 6.07) is -0.112. The van der Waals surface area contributed by atoms with Crippen molar-refractivity contribution in [2.45, 2.75) is 6.18 Å². The van der Waals surface area contributed by atoms with Crippen molar-refractivity contribution in [3.63, 3.8) is 0 Å². The van der Waals surface area contributed by atoms with E-state index < -0.39 is 19.3 Å². The molecule has 0 spiro atoms. The summed E-state index contributed by atoms with van der Waals surface area (Å²) in [6.07, 6.45) is -4.44. The van der Waals surface area contributed by atoms with Crippen molar-refractivity contribution in [3.05, 3.63) is 0 Å². The van der Waals surface area contributed by atoms with E-state index >= 15 is 0 Å². The number of anilines is 2. The summed E-state index contributed by atoms with van der Waals surface area (Å²) in [5.74, 6) is -0.144. The molecular formula is C9H14F3N5O2. The van der Waals surface area contributed by atoms with E-state index in [2.05, 4.69) is 20.3 Å². The molecule has 0 fully saturated rings. The molecule has 0 radical (unpaired) electrons. The first-order valence-electron chi connectivity index (χ1n) is 5.30. The van der Waals surface area contributed by atoms with Crippen molar-refractivity contribution in [2.24, 2.45) is 0 Å². The number of methoxy groups -OCH3 is 1. The molecule has 2 N–H and O–H groups in total. The van der Waals surface area contributed by atoms with E-state index in [1.807, 2.05) is 0 Å². The third-order valence-electron chi connectivity index (χ3n) is 2.03. The van der Waals surface area contributed by atoms with Gasteiger partial charge in [0.15, 0.2) is 0 Å². The second kappa shape index (κ2) is 6.36. The second-order valence-corrected chi connectivity index (χ2v) is 3.46.